The van der Waals surface area contributed by atoms with Crippen LogP contribution in [0.5, 0.6) is 0 Å². The first-order valence-corrected chi connectivity index (χ1v) is 5.49. The van der Waals surface area contributed by atoms with Crippen molar-refractivity contribution in [1.29, 1.82) is 0 Å². The zero-order valence-corrected chi connectivity index (χ0v) is 9.79. The van der Waals surface area contributed by atoms with Crippen molar-refractivity contribution in [2.45, 2.75) is 20.8 Å². The summed E-state index contributed by atoms with van der Waals surface area (Å²) in [6.07, 6.45) is 0. The molecule has 1 amide bonds. The average molecular weight is 198 g/mol. The van der Waals surface area contributed by atoms with Crippen LogP contribution in [0.15, 0.2) is 0 Å². The Morgan fingerprint density at radius 2 is 1.57 bits per heavy atom. The van der Waals surface area contributed by atoms with Crippen molar-refractivity contribution in [1.82, 2.24) is 9.80 Å². The maximum atomic E-state index is 12.0. The molecule has 82 valence electrons. The molecule has 0 N–H and O–H groups in total. The fourth-order valence-corrected chi connectivity index (χ4v) is 1.60. The predicted octanol–water partition coefficient (Wildman–Crippen LogP) is 1.05. The lowest BCUT2D eigenvalue weighted by Gasteiger charge is -2.34. The topological polar surface area (TPSA) is 23.6 Å². The molecule has 1 aliphatic rings. The van der Waals surface area contributed by atoms with Crippen molar-refractivity contribution in [3.63, 3.8) is 0 Å². The van der Waals surface area contributed by atoms with E-state index in [1.165, 1.54) is 0 Å². The first-order chi connectivity index (χ1) is 6.52. The van der Waals surface area contributed by atoms with Crippen LogP contribution in [0.1, 0.15) is 20.8 Å². The Morgan fingerprint density at radius 3 is 2.00 bits per heavy atom. The minimum absolute atomic E-state index is 0.165. The Kier molecular flexibility index (Phi) is 3.93. The van der Waals surface area contributed by atoms with Gasteiger partial charge in [-0.3, -0.25) is 4.79 Å². The number of rotatable bonds is 2. The van der Waals surface area contributed by atoms with Crippen molar-refractivity contribution in [3.8, 4) is 0 Å². The van der Waals surface area contributed by atoms with Gasteiger partial charge in [0.15, 0.2) is 0 Å². The van der Waals surface area contributed by atoms with E-state index in [0.29, 0.717) is 11.8 Å². The van der Waals surface area contributed by atoms with Gasteiger partial charge >= 0.3 is 0 Å². The van der Waals surface area contributed by atoms with E-state index >= 15 is 0 Å². The summed E-state index contributed by atoms with van der Waals surface area (Å²) in [5, 5.41) is 0. The third-order valence-corrected chi connectivity index (χ3v) is 3.20. The highest BCUT2D eigenvalue weighted by atomic mass is 16.2. The lowest BCUT2D eigenvalue weighted by molar-refractivity contribution is -0.137. The van der Waals surface area contributed by atoms with E-state index in [1.54, 1.807) is 0 Å². The smallest absolute Gasteiger partial charge is 0.225 e. The number of hydrogen-bond donors (Lipinski definition) is 0. The average Bonchev–Trinajstić information content (AvgIpc) is 2.16. The molecule has 1 atom stereocenters. The molecule has 3 nitrogen and oxygen atoms in total. The zero-order chi connectivity index (χ0) is 10.7. The Bertz CT molecular complexity index is 195. The van der Waals surface area contributed by atoms with Crippen LogP contribution in [0.25, 0.3) is 0 Å². The van der Waals surface area contributed by atoms with E-state index in [2.05, 4.69) is 25.8 Å². The summed E-state index contributed by atoms with van der Waals surface area (Å²) in [6.45, 7) is 10.1. The molecule has 1 saturated heterocycles. The third-order valence-electron chi connectivity index (χ3n) is 3.20. The Labute approximate surface area is 87.1 Å². The molecule has 1 heterocycles. The summed E-state index contributed by atoms with van der Waals surface area (Å²) in [7, 11) is 2.10. The molecule has 0 saturated carbocycles. The standard InChI is InChI=1S/C11H22N2O/c1-9(2)10(3)11(14)13-7-5-12(4)6-8-13/h9-10H,5-8H2,1-4H3/t10-/m0/s1. The van der Waals surface area contributed by atoms with E-state index in [-0.39, 0.29) is 5.92 Å². The predicted molar refractivity (Wildman–Crippen MR) is 58.1 cm³/mol. The van der Waals surface area contributed by atoms with Crippen LogP contribution in [-0.4, -0.2) is 48.9 Å². The first-order valence-electron chi connectivity index (χ1n) is 5.49. The van der Waals surface area contributed by atoms with E-state index in [0.717, 1.165) is 26.2 Å². The first kappa shape index (κ1) is 11.5. The molecule has 0 aliphatic carbocycles. The molecule has 0 aromatic carbocycles. The van der Waals surface area contributed by atoms with Gasteiger partial charge in [-0.1, -0.05) is 20.8 Å². The second kappa shape index (κ2) is 4.78. The van der Waals surface area contributed by atoms with Crippen molar-refractivity contribution in [2.75, 3.05) is 33.2 Å². The van der Waals surface area contributed by atoms with Crippen LogP contribution in [0.2, 0.25) is 0 Å². The van der Waals surface area contributed by atoms with Gasteiger partial charge < -0.3 is 9.80 Å². The molecule has 0 aromatic rings. The van der Waals surface area contributed by atoms with E-state index in [9.17, 15) is 4.79 Å². The van der Waals surface area contributed by atoms with Gasteiger partial charge in [-0.25, -0.2) is 0 Å². The molecular weight excluding hydrogens is 176 g/mol. The second-order valence-corrected chi connectivity index (χ2v) is 4.66. The van der Waals surface area contributed by atoms with Crippen LogP contribution < -0.4 is 0 Å². The van der Waals surface area contributed by atoms with Crippen LogP contribution in [0.3, 0.4) is 0 Å². The highest BCUT2D eigenvalue weighted by molar-refractivity contribution is 5.78. The molecular formula is C11H22N2O. The highest BCUT2D eigenvalue weighted by Crippen LogP contribution is 2.14. The summed E-state index contributed by atoms with van der Waals surface area (Å²) in [4.78, 5) is 16.2. The van der Waals surface area contributed by atoms with Gasteiger partial charge in [0.05, 0.1) is 0 Å². The van der Waals surface area contributed by atoms with Gasteiger partial charge in [0.2, 0.25) is 5.91 Å². The molecule has 0 radical (unpaired) electrons. The maximum absolute atomic E-state index is 12.0. The number of amides is 1. The quantitative estimate of drug-likeness (QED) is 0.662. The normalized spacial score (nSPS) is 21.4. The third kappa shape index (κ3) is 2.71. The summed E-state index contributed by atoms with van der Waals surface area (Å²) >= 11 is 0. The van der Waals surface area contributed by atoms with Gasteiger partial charge in [-0.2, -0.15) is 0 Å². The molecule has 0 spiro atoms. The SMILES string of the molecule is CC(C)[C@H](C)C(=O)N1CCN(C)CC1. The fraction of sp³-hybridized carbons (Fsp3) is 0.909. The zero-order valence-electron chi connectivity index (χ0n) is 9.79. The van der Waals surface area contributed by atoms with E-state index in [4.69, 9.17) is 0 Å². The van der Waals surface area contributed by atoms with E-state index in [1.807, 2.05) is 11.8 Å². The lowest BCUT2D eigenvalue weighted by Crippen LogP contribution is -2.49. The van der Waals surface area contributed by atoms with Gasteiger partial charge in [-0.05, 0) is 13.0 Å². The number of hydrogen-bond acceptors (Lipinski definition) is 2. The highest BCUT2D eigenvalue weighted by Gasteiger charge is 2.25. The Hall–Kier alpha value is -0.570. The van der Waals surface area contributed by atoms with Crippen LogP contribution in [0.4, 0.5) is 0 Å². The minimum Gasteiger partial charge on any atom is -0.340 e. The van der Waals surface area contributed by atoms with Gasteiger partial charge in [0.1, 0.15) is 0 Å². The van der Waals surface area contributed by atoms with E-state index < -0.39 is 0 Å². The fourth-order valence-electron chi connectivity index (χ4n) is 1.60. The van der Waals surface area contributed by atoms with Gasteiger partial charge in [0.25, 0.3) is 0 Å². The molecule has 1 rings (SSSR count). The van der Waals surface area contributed by atoms with Gasteiger partial charge in [-0.15, -0.1) is 0 Å². The Balaban J connectivity index is 2.45. The van der Waals surface area contributed by atoms with Crippen molar-refractivity contribution < 1.29 is 4.79 Å². The molecule has 0 aromatic heterocycles. The number of nitrogens with zero attached hydrogens (tertiary/aromatic N) is 2. The number of piperazine rings is 1. The van der Waals surface area contributed by atoms with Crippen molar-refractivity contribution >= 4 is 5.91 Å². The molecule has 3 heteroatoms. The van der Waals surface area contributed by atoms with Crippen molar-refractivity contribution in [2.24, 2.45) is 11.8 Å². The second-order valence-electron chi connectivity index (χ2n) is 4.66. The van der Waals surface area contributed by atoms with Crippen LogP contribution >= 0.6 is 0 Å². The molecule has 0 unspecified atom stereocenters. The number of carbonyl (C=O) groups excluding carboxylic acids is 1. The lowest BCUT2D eigenvalue weighted by atomic mass is 9.96. The summed E-state index contributed by atoms with van der Waals surface area (Å²) in [6, 6.07) is 0. The molecule has 0 bridgehead atoms. The van der Waals surface area contributed by atoms with Crippen LogP contribution in [0, 0.1) is 11.8 Å². The number of likely N-dealkylation sites (N-methyl/N-ethyl adjacent to an activating group) is 1. The maximum Gasteiger partial charge on any atom is 0.225 e. The number of carbonyl (C=O) groups is 1. The minimum atomic E-state index is 0.165. The largest absolute Gasteiger partial charge is 0.340 e. The van der Waals surface area contributed by atoms with Crippen molar-refractivity contribution in [3.05, 3.63) is 0 Å². The molecule has 1 aliphatic heterocycles. The van der Waals surface area contributed by atoms with Gasteiger partial charge in [0, 0.05) is 32.1 Å². The summed E-state index contributed by atoms with van der Waals surface area (Å²) in [5.74, 6) is 0.939. The molecule has 1 fully saturated rings. The Morgan fingerprint density at radius 1 is 1.07 bits per heavy atom. The van der Waals surface area contributed by atoms with Crippen LogP contribution in [-0.2, 0) is 4.79 Å². The summed E-state index contributed by atoms with van der Waals surface area (Å²) in [5.41, 5.74) is 0. The molecule has 14 heavy (non-hydrogen) atoms. The summed E-state index contributed by atoms with van der Waals surface area (Å²) < 4.78 is 0. The monoisotopic (exact) mass is 198 g/mol.